The summed E-state index contributed by atoms with van der Waals surface area (Å²) in [6, 6.07) is 12.0. The minimum absolute atomic E-state index is 0.159. The molecule has 6 nitrogen and oxygen atoms in total. The van der Waals surface area contributed by atoms with Gasteiger partial charge in [0.25, 0.3) is 0 Å². The van der Waals surface area contributed by atoms with Crippen LogP contribution in [0.5, 0.6) is 5.75 Å². The average molecular weight is 485 g/mol. The lowest BCUT2D eigenvalue weighted by Gasteiger charge is -2.32. The van der Waals surface area contributed by atoms with Crippen LogP contribution in [0.1, 0.15) is 36.9 Å². The number of carbonyl (C=O) groups is 1. The van der Waals surface area contributed by atoms with Crippen molar-refractivity contribution < 1.29 is 17.9 Å². The van der Waals surface area contributed by atoms with Crippen molar-refractivity contribution in [2.24, 2.45) is 5.92 Å². The van der Waals surface area contributed by atoms with E-state index in [1.807, 2.05) is 31.2 Å². The molecule has 0 aromatic heterocycles. The lowest BCUT2D eigenvalue weighted by atomic mass is 9.97. The van der Waals surface area contributed by atoms with Gasteiger partial charge in [-0.2, -0.15) is 0 Å². The summed E-state index contributed by atoms with van der Waals surface area (Å²) in [4.78, 5) is 12.9. The molecule has 1 aliphatic heterocycles. The fourth-order valence-corrected chi connectivity index (χ4v) is 5.69. The van der Waals surface area contributed by atoms with Crippen LogP contribution < -0.4 is 10.1 Å². The Kier molecular flexibility index (Phi) is 7.86. The molecule has 1 aliphatic rings. The number of nitrogens with zero attached hydrogens (tertiary/aromatic N) is 1. The number of carbonyl (C=O) groups excluding carboxylic acids is 1. The van der Waals surface area contributed by atoms with Gasteiger partial charge in [0.15, 0.2) is 0 Å². The van der Waals surface area contributed by atoms with E-state index in [0.717, 1.165) is 5.56 Å². The summed E-state index contributed by atoms with van der Waals surface area (Å²) in [6.07, 6.45) is 1.27. The molecule has 0 radical (unpaired) electrons. The SMILES string of the molecule is COc1ccccc1[C@@H](C)NC(=O)[C@@H]1CCCN(S(=O)(=O)Cc2ccc(Cl)c(Cl)c2)C1. The van der Waals surface area contributed by atoms with Crippen LogP contribution in [-0.4, -0.2) is 38.8 Å². The highest BCUT2D eigenvalue weighted by Gasteiger charge is 2.33. The molecular formula is C22H26Cl2N2O4S. The molecule has 168 valence electrons. The molecule has 0 saturated carbocycles. The molecule has 0 aliphatic carbocycles. The Hall–Kier alpha value is -1.80. The van der Waals surface area contributed by atoms with Crippen molar-refractivity contribution in [2.75, 3.05) is 20.2 Å². The second-order valence-electron chi connectivity index (χ2n) is 7.67. The van der Waals surface area contributed by atoms with Gasteiger partial charge in [-0.25, -0.2) is 12.7 Å². The van der Waals surface area contributed by atoms with E-state index < -0.39 is 15.9 Å². The summed E-state index contributed by atoms with van der Waals surface area (Å²) in [5.41, 5.74) is 1.43. The standard InChI is InChI=1S/C22H26Cl2N2O4S/c1-15(18-7-3-4-8-21(18)30-2)25-22(27)17-6-5-11-26(13-17)31(28,29)14-16-9-10-19(23)20(24)12-16/h3-4,7-10,12,15,17H,5-6,11,13-14H2,1-2H3,(H,25,27)/t15-,17-/m1/s1. The number of para-hydroxylation sites is 1. The normalized spacial score (nSPS) is 18.4. The number of amides is 1. The highest BCUT2D eigenvalue weighted by atomic mass is 35.5. The van der Waals surface area contributed by atoms with Crippen molar-refractivity contribution in [3.8, 4) is 5.75 Å². The molecular weight excluding hydrogens is 459 g/mol. The predicted molar refractivity (Wildman–Crippen MR) is 123 cm³/mol. The highest BCUT2D eigenvalue weighted by molar-refractivity contribution is 7.88. The lowest BCUT2D eigenvalue weighted by Crippen LogP contribution is -2.46. The predicted octanol–water partition coefficient (Wildman–Crippen LogP) is 4.42. The van der Waals surface area contributed by atoms with E-state index in [9.17, 15) is 13.2 Å². The molecule has 1 heterocycles. The first-order valence-electron chi connectivity index (χ1n) is 10.1. The van der Waals surface area contributed by atoms with Gasteiger partial charge < -0.3 is 10.1 Å². The fourth-order valence-electron chi connectivity index (χ4n) is 3.77. The number of nitrogens with one attached hydrogen (secondary N) is 1. The van der Waals surface area contributed by atoms with E-state index in [1.54, 1.807) is 25.3 Å². The summed E-state index contributed by atoms with van der Waals surface area (Å²) in [6.45, 7) is 2.45. The molecule has 0 unspecified atom stereocenters. The van der Waals surface area contributed by atoms with E-state index in [-0.39, 0.29) is 24.2 Å². The van der Waals surface area contributed by atoms with Crippen LogP contribution in [0.4, 0.5) is 0 Å². The Labute approximate surface area is 193 Å². The molecule has 3 rings (SSSR count). The molecule has 1 amide bonds. The molecule has 2 aromatic rings. The maximum absolute atomic E-state index is 12.9. The number of hydrogen-bond acceptors (Lipinski definition) is 4. The van der Waals surface area contributed by atoms with Gasteiger partial charge in [0.05, 0.1) is 34.9 Å². The van der Waals surface area contributed by atoms with Gasteiger partial charge in [-0.05, 0) is 43.5 Å². The minimum Gasteiger partial charge on any atom is -0.496 e. The van der Waals surface area contributed by atoms with Gasteiger partial charge in [-0.1, -0.05) is 47.5 Å². The Morgan fingerprint density at radius 2 is 1.97 bits per heavy atom. The topological polar surface area (TPSA) is 75.7 Å². The smallest absolute Gasteiger partial charge is 0.224 e. The third-order valence-corrected chi connectivity index (χ3v) is 8.00. The molecule has 1 fully saturated rings. The molecule has 2 aromatic carbocycles. The quantitative estimate of drug-likeness (QED) is 0.630. The van der Waals surface area contributed by atoms with Gasteiger partial charge in [0, 0.05) is 18.7 Å². The third kappa shape index (κ3) is 5.92. The van der Waals surface area contributed by atoms with Crippen LogP contribution in [0.25, 0.3) is 0 Å². The molecule has 0 spiro atoms. The Morgan fingerprint density at radius 3 is 2.68 bits per heavy atom. The monoisotopic (exact) mass is 484 g/mol. The molecule has 1 N–H and O–H groups in total. The summed E-state index contributed by atoms with van der Waals surface area (Å²) >= 11 is 11.9. The fraction of sp³-hybridized carbons (Fsp3) is 0.409. The maximum atomic E-state index is 12.9. The number of halogens is 2. The number of piperidine rings is 1. The van der Waals surface area contributed by atoms with Crippen molar-refractivity contribution in [3.63, 3.8) is 0 Å². The van der Waals surface area contributed by atoms with Crippen molar-refractivity contribution in [1.29, 1.82) is 0 Å². The zero-order valence-corrected chi connectivity index (χ0v) is 19.8. The Morgan fingerprint density at radius 1 is 1.23 bits per heavy atom. The third-order valence-electron chi connectivity index (χ3n) is 5.45. The summed E-state index contributed by atoms with van der Waals surface area (Å²) in [7, 11) is -2.00. The van der Waals surface area contributed by atoms with Crippen LogP contribution in [0.2, 0.25) is 10.0 Å². The number of sulfonamides is 1. The molecule has 9 heteroatoms. The van der Waals surface area contributed by atoms with Crippen molar-refractivity contribution >= 4 is 39.1 Å². The summed E-state index contributed by atoms with van der Waals surface area (Å²) in [5.74, 6) is -0.0531. The maximum Gasteiger partial charge on any atom is 0.224 e. The van der Waals surface area contributed by atoms with Crippen LogP contribution in [0, 0.1) is 5.92 Å². The Bertz CT molecular complexity index is 1050. The van der Waals surface area contributed by atoms with Crippen LogP contribution in [-0.2, 0) is 20.6 Å². The first-order chi connectivity index (χ1) is 14.7. The molecule has 0 bridgehead atoms. The number of benzene rings is 2. The summed E-state index contributed by atoms with van der Waals surface area (Å²) in [5, 5.41) is 3.70. The van der Waals surface area contributed by atoms with E-state index in [0.29, 0.717) is 40.7 Å². The second kappa shape index (κ2) is 10.2. The van der Waals surface area contributed by atoms with Crippen molar-refractivity contribution in [1.82, 2.24) is 9.62 Å². The van der Waals surface area contributed by atoms with E-state index in [1.165, 1.54) is 4.31 Å². The van der Waals surface area contributed by atoms with Crippen molar-refractivity contribution in [2.45, 2.75) is 31.6 Å². The molecule has 2 atom stereocenters. The molecule has 31 heavy (non-hydrogen) atoms. The van der Waals surface area contributed by atoms with E-state index in [2.05, 4.69) is 5.32 Å². The first kappa shape index (κ1) is 23.9. The molecule has 1 saturated heterocycles. The van der Waals surface area contributed by atoms with E-state index >= 15 is 0 Å². The van der Waals surface area contributed by atoms with Crippen LogP contribution in [0.15, 0.2) is 42.5 Å². The van der Waals surface area contributed by atoms with Gasteiger partial charge in [0.1, 0.15) is 5.75 Å². The van der Waals surface area contributed by atoms with Gasteiger partial charge in [-0.3, -0.25) is 4.79 Å². The van der Waals surface area contributed by atoms with E-state index in [4.69, 9.17) is 27.9 Å². The zero-order chi connectivity index (χ0) is 22.6. The lowest BCUT2D eigenvalue weighted by molar-refractivity contribution is -0.126. The minimum atomic E-state index is -3.59. The number of rotatable bonds is 7. The van der Waals surface area contributed by atoms with Gasteiger partial charge >= 0.3 is 0 Å². The largest absolute Gasteiger partial charge is 0.496 e. The van der Waals surface area contributed by atoms with Gasteiger partial charge in [-0.15, -0.1) is 0 Å². The summed E-state index contributed by atoms with van der Waals surface area (Å²) < 4.78 is 32.7. The number of hydrogen-bond donors (Lipinski definition) is 1. The number of methoxy groups -OCH3 is 1. The average Bonchev–Trinajstić information content (AvgIpc) is 2.76. The zero-order valence-electron chi connectivity index (χ0n) is 17.5. The first-order valence-corrected chi connectivity index (χ1v) is 12.4. The van der Waals surface area contributed by atoms with Gasteiger partial charge in [0.2, 0.25) is 15.9 Å². The van der Waals surface area contributed by atoms with Crippen LogP contribution in [0.3, 0.4) is 0 Å². The Balaban J connectivity index is 1.66. The highest BCUT2D eigenvalue weighted by Crippen LogP contribution is 2.28. The van der Waals surface area contributed by atoms with Crippen molar-refractivity contribution in [3.05, 3.63) is 63.6 Å². The second-order valence-corrected chi connectivity index (χ2v) is 10.5. The van der Waals surface area contributed by atoms with Crippen LogP contribution >= 0.6 is 23.2 Å². The number of ether oxygens (including phenoxy) is 1.